The molecule has 4 rings (SSSR count). The molecule has 0 aliphatic heterocycles. The highest BCUT2D eigenvalue weighted by atomic mass is 32.1. The standard InChI is InChI=1S/C23H20N2O3S/c1-3-28-23(26)21-20(24)19-17(14-7-5-4-6-8-14)13-18(25-22(19)29-21)15-9-11-16(27-2)12-10-15/h4-13H,3,24H2,1-2H3. The molecule has 146 valence electrons. The Labute approximate surface area is 172 Å². The number of esters is 1. The van der Waals surface area contributed by atoms with Crippen molar-refractivity contribution in [2.24, 2.45) is 0 Å². The van der Waals surface area contributed by atoms with Crippen LogP contribution >= 0.6 is 11.3 Å². The van der Waals surface area contributed by atoms with Gasteiger partial charge in [0.15, 0.2) is 0 Å². The third-order valence-electron chi connectivity index (χ3n) is 4.63. The van der Waals surface area contributed by atoms with E-state index < -0.39 is 5.97 Å². The number of methoxy groups -OCH3 is 1. The molecule has 0 unspecified atom stereocenters. The Kier molecular flexibility index (Phi) is 5.18. The molecule has 2 heterocycles. The van der Waals surface area contributed by atoms with Gasteiger partial charge in [-0.25, -0.2) is 9.78 Å². The zero-order chi connectivity index (χ0) is 20.4. The lowest BCUT2D eigenvalue weighted by molar-refractivity contribution is 0.0533. The van der Waals surface area contributed by atoms with Gasteiger partial charge in [0.25, 0.3) is 0 Å². The van der Waals surface area contributed by atoms with E-state index in [1.165, 1.54) is 11.3 Å². The lowest BCUT2D eigenvalue weighted by atomic mass is 9.99. The van der Waals surface area contributed by atoms with Gasteiger partial charge < -0.3 is 15.2 Å². The van der Waals surface area contributed by atoms with Gasteiger partial charge in [-0.3, -0.25) is 0 Å². The molecule has 0 amide bonds. The van der Waals surface area contributed by atoms with Gasteiger partial charge >= 0.3 is 5.97 Å². The van der Waals surface area contributed by atoms with Crippen molar-refractivity contribution in [3.63, 3.8) is 0 Å². The molecule has 0 saturated heterocycles. The Balaban J connectivity index is 1.96. The second-order valence-electron chi connectivity index (χ2n) is 6.40. The predicted molar refractivity (Wildman–Crippen MR) is 117 cm³/mol. The van der Waals surface area contributed by atoms with Gasteiger partial charge in [-0.1, -0.05) is 30.3 Å². The summed E-state index contributed by atoms with van der Waals surface area (Å²) in [4.78, 5) is 18.3. The quantitative estimate of drug-likeness (QED) is 0.451. The van der Waals surface area contributed by atoms with E-state index in [-0.39, 0.29) is 0 Å². The minimum absolute atomic E-state index is 0.294. The van der Waals surface area contributed by atoms with Gasteiger partial charge in [-0.2, -0.15) is 0 Å². The summed E-state index contributed by atoms with van der Waals surface area (Å²) in [5, 5.41) is 0.779. The van der Waals surface area contributed by atoms with Crippen LogP contribution in [0.3, 0.4) is 0 Å². The van der Waals surface area contributed by atoms with Crippen LogP contribution in [-0.4, -0.2) is 24.7 Å². The van der Waals surface area contributed by atoms with Crippen LogP contribution in [-0.2, 0) is 4.74 Å². The number of nitrogen functional groups attached to an aromatic ring is 1. The zero-order valence-corrected chi connectivity index (χ0v) is 17.0. The molecule has 0 aliphatic rings. The highest BCUT2D eigenvalue weighted by molar-refractivity contribution is 7.21. The van der Waals surface area contributed by atoms with E-state index in [2.05, 4.69) is 0 Å². The van der Waals surface area contributed by atoms with Crippen LogP contribution in [0.5, 0.6) is 5.75 Å². The second kappa shape index (κ2) is 7.93. The second-order valence-corrected chi connectivity index (χ2v) is 7.39. The van der Waals surface area contributed by atoms with Crippen LogP contribution in [0.1, 0.15) is 16.6 Å². The number of hydrogen-bond donors (Lipinski definition) is 1. The summed E-state index contributed by atoms with van der Waals surface area (Å²) < 4.78 is 10.4. The molecule has 0 fully saturated rings. The maximum absolute atomic E-state index is 12.4. The van der Waals surface area contributed by atoms with Gasteiger partial charge in [-0.15, -0.1) is 11.3 Å². The monoisotopic (exact) mass is 404 g/mol. The normalized spacial score (nSPS) is 10.8. The summed E-state index contributed by atoms with van der Waals surface area (Å²) in [6.45, 7) is 2.07. The van der Waals surface area contributed by atoms with Gasteiger partial charge in [0.05, 0.1) is 25.1 Å². The topological polar surface area (TPSA) is 74.4 Å². The fraction of sp³-hybridized carbons (Fsp3) is 0.130. The highest BCUT2D eigenvalue weighted by Crippen LogP contribution is 2.41. The molecule has 0 radical (unpaired) electrons. The van der Waals surface area contributed by atoms with Crippen LogP contribution in [0.4, 0.5) is 5.69 Å². The van der Waals surface area contributed by atoms with Crippen LogP contribution < -0.4 is 10.5 Å². The maximum atomic E-state index is 12.4. The van der Waals surface area contributed by atoms with E-state index >= 15 is 0 Å². The molecule has 2 aromatic heterocycles. The number of nitrogens with two attached hydrogens (primary N) is 1. The average Bonchev–Trinajstić information content (AvgIpc) is 3.10. The number of benzene rings is 2. The first-order valence-electron chi connectivity index (χ1n) is 9.22. The molecule has 4 aromatic rings. The molecular weight excluding hydrogens is 384 g/mol. The molecule has 0 bridgehead atoms. The number of fused-ring (bicyclic) bond motifs is 1. The van der Waals surface area contributed by atoms with Crippen molar-refractivity contribution >= 4 is 33.2 Å². The first-order chi connectivity index (χ1) is 14.1. The van der Waals surface area contributed by atoms with Gasteiger partial charge in [0.2, 0.25) is 0 Å². The molecule has 0 saturated carbocycles. The van der Waals surface area contributed by atoms with Crippen LogP contribution in [0.25, 0.3) is 32.6 Å². The van der Waals surface area contributed by atoms with Gasteiger partial charge in [-0.05, 0) is 48.4 Å². The molecular formula is C23H20N2O3S. The summed E-state index contributed by atoms with van der Waals surface area (Å²) in [5.74, 6) is 0.362. The third kappa shape index (κ3) is 3.54. The summed E-state index contributed by atoms with van der Waals surface area (Å²) in [6, 6.07) is 19.7. The molecule has 5 nitrogen and oxygen atoms in total. The number of ether oxygens (including phenoxy) is 2. The largest absolute Gasteiger partial charge is 0.497 e. The van der Waals surface area contributed by atoms with E-state index in [0.29, 0.717) is 22.0 Å². The number of anilines is 1. The van der Waals surface area contributed by atoms with E-state index in [4.69, 9.17) is 20.2 Å². The van der Waals surface area contributed by atoms with Crippen LogP contribution in [0.15, 0.2) is 60.7 Å². The van der Waals surface area contributed by atoms with Crippen molar-refractivity contribution in [1.82, 2.24) is 4.98 Å². The number of carbonyl (C=O) groups excluding carboxylic acids is 1. The summed E-state index contributed by atoms with van der Waals surface area (Å²) in [6.07, 6.45) is 0. The lowest BCUT2D eigenvalue weighted by Gasteiger charge is -2.09. The van der Waals surface area contributed by atoms with Gasteiger partial charge in [0, 0.05) is 10.9 Å². The van der Waals surface area contributed by atoms with Crippen molar-refractivity contribution in [3.8, 4) is 28.1 Å². The Bertz CT molecular complexity index is 1170. The third-order valence-corrected chi connectivity index (χ3v) is 5.71. The zero-order valence-electron chi connectivity index (χ0n) is 16.1. The smallest absolute Gasteiger partial charge is 0.350 e. The Hall–Kier alpha value is -3.38. The number of nitrogens with zero attached hydrogens (tertiary/aromatic N) is 1. The van der Waals surface area contributed by atoms with E-state index in [9.17, 15) is 4.79 Å². The van der Waals surface area contributed by atoms with Crippen LogP contribution in [0.2, 0.25) is 0 Å². The number of carbonyl (C=O) groups is 1. The molecule has 0 atom stereocenters. The highest BCUT2D eigenvalue weighted by Gasteiger charge is 2.22. The molecule has 2 aromatic carbocycles. The number of thiophene rings is 1. The molecule has 6 heteroatoms. The lowest BCUT2D eigenvalue weighted by Crippen LogP contribution is -2.04. The minimum atomic E-state index is -0.419. The summed E-state index contributed by atoms with van der Waals surface area (Å²) >= 11 is 1.26. The average molecular weight is 404 g/mol. The molecule has 2 N–H and O–H groups in total. The van der Waals surface area contributed by atoms with Crippen molar-refractivity contribution < 1.29 is 14.3 Å². The first-order valence-corrected chi connectivity index (χ1v) is 10.0. The minimum Gasteiger partial charge on any atom is -0.497 e. The number of hydrogen-bond acceptors (Lipinski definition) is 6. The SMILES string of the molecule is CCOC(=O)c1sc2nc(-c3ccc(OC)cc3)cc(-c3ccccc3)c2c1N. The first kappa shape index (κ1) is 19.0. The molecule has 0 aliphatic carbocycles. The van der Waals surface area contributed by atoms with Crippen molar-refractivity contribution in [2.45, 2.75) is 6.92 Å². The van der Waals surface area contributed by atoms with E-state index in [1.54, 1.807) is 14.0 Å². The fourth-order valence-electron chi connectivity index (χ4n) is 3.22. The number of aromatic nitrogens is 1. The Morgan fingerprint density at radius 3 is 2.45 bits per heavy atom. The van der Waals surface area contributed by atoms with Crippen molar-refractivity contribution in [2.75, 3.05) is 19.5 Å². The summed E-state index contributed by atoms with van der Waals surface area (Å²) in [7, 11) is 1.64. The fourth-order valence-corrected chi connectivity index (χ4v) is 4.24. The van der Waals surface area contributed by atoms with Gasteiger partial charge in [0.1, 0.15) is 15.5 Å². The number of rotatable bonds is 5. The predicted octanol–water partition coefficient (Wildman–Crippen LogP) is 5.40. The summed E-state index contributed by atoms with van der Waals surface area (Å²) in [5.41, 5.74) is 10.5. The molecule has 29 heavy (non-hydrogen) atoms. The van der Waals surface area contributed by atoms with Crippen LogP contribution in [0, 0.1) is 0 Å². The Morgan fingerprint density at radius 1 is 1.07 bits per heavy atom. The van der Waals surface area contributed by atoms with E-state index in [1.807, 2.05) is 60.7 Å². The number of pyridine rings is 1. The van der Waals surface area contributed by atoms with Crippen molar-refractivity contribution in [3.05, 3.63) is 65.5 Å². The molecule has 0 spiro atoms. The maximum Gasteiger partial charge on any atom is 0.350 e. The Morgan fingerprint density at radius 2 is 1.79 bits per heavy atom. The van der Waals surface area contributed by atoms with Crippen molar-refractivity contribution in [1.29, 1.82) is 0 Å². The van der Waals surface area contributed by atoms with E-state index in [0.717, 1.165) is 33.5 Å².